The summed E-state index contributed by atoms with van der Waals surface area (Å²) < 4.78 is 6.53. The smallest absolute Gasteiger partial charge is 0.349 e. The van der Waals surface area contributed by atoms with Gasteiger partial charge in [0.25, 0.3) is 5.91 Å². The summed E-state index contributed by atoms with van der Waals surface area (Å²) in [5, 5.41) is 3.72. The summed E-state index contributed by atoms with van der Waals surface area (Å²) >= 11 is 7.70. The van der Waals surface area contributed by atoms with Crippen LogP contribution in [0.2, 0.25) is 5.02 Å². The Morgan fingerprint density at radius 3 is 2.58 bits per heavy atom. The molecule has 0 aliphatic heterocycles. The number of carbonyl (C=O) groups is 1. The zero-order valence-corrected chi connectivity index (χ0v) is 20.8. The predicted octanol–water partition coefficient (Wildman–Crippen LogP) is 7.36. The van der Waals surface area contributed by atoms with Crippen molar-refractivity contribution in [1.29, 1.82) is 0 Å². The third-order valence-electron chi connectivity index (χ3n) is 6.27. The van der Waals surface area contributed by atoms with E-state index in [2.05, 4.69) is 0 Å². The first kappa shape index (κ1) is 22.5. The minimum Gasteiger partial charge on any atom is -0.422 e. The van der Waals surface area contributed by atoms with Crippen LogP contribution in [-0.4, -0.2) is 10.9 Å². The maximum atomic E-state index is 14.0. The minimum absolute atomic E-state index is 0.0382. The van der Waals surface area contributed by atoms with Gasteiger partial charge in [0.15, 0.2) is 5.13 Å². The average molecular weight is 511 g/mol. The lowest BCUT2D eigenvalue weighted by Gasteiger charge is -2.20. The molecule has 0 aliphatic rings. The summed E-state index contributed by atoms with van der Waals surface area (Å²) in [6.07, 6.45) is 0. The number of hydrogen-bond acceptors (Lipinski definition) is 5. The number of hydrogen-bond donors (Lipinski definition) is 0. The fourth-order valence-corrected chi connectivity index (χ4v) is 5.54. The molecule has 0 atom stereocenters. The Balaban J connectivity index is 1.53. The van der Waals surface area contributed by atoms with Crippen molar-refractivity contribution in [3.63, 3.8) is 0 Å². The van der Waals surface area contributed by atoms with E-state index in [1.165, 1.54) is 16.2 Å². The third-order valence-corrected chi connectivity index (χ3v) is 7.72. The summed E-state index contributed by atoms with van der Waals surface area (Å²) in [5.74, 6) is -0.467. The third kappa shape index (κ3) is 3.85. The summed E-state index contributed by atoms with van der Waals surface area (Å²) in [6, 6.07) is 26.4. The number of rotatable bonds is 4. The first-order chi connectivity index (χ1) is 17.5. The highest BCUT2D eigenvalue weighted by molar-refractivity contribution is 7.22. The van der Waals surface area contributed by atoms with Gasteiger partial charge in [-0.15, -0.1) is 0 Å². The molecule has 2 aromatic heterocycles. The Morgan fingerprint density at radius 1 is 0.972 bits per heavy atom. The Kier molecular flexibility index (Phi) is 5.55. The number of aromatic nitrogens is 1. The molecule has 0 spiro atoms. The van der Waals surface area contributed by atoms with Gasteiger partial charge in [-0.1, -0.05) is 83.6 Å². The van der Waals surface area contributed by atoms with Gasteiger partial charge in [0.1, 0.15) is 11.1 Å². The lowest BCUT2D eigenvalue weighted by atomic mass is 10.0. The molecule has 1 amide bonds. The molecule has 0 radical (unpaired) electrons. The minimum atomic E-state index is -0.679. The van der Waals surface area contributed by atoms with Crippen LogP contribution in [0, 0.1) is 6.92 Å². The summed E-state index contributed by atoms with van der Waals surface area (Å²) in [5.41, 5.74) is 2.22. The summed E-state index contributed by atoms with van der Waals surface area (Å²) in [4.78, 5) is 33.3. The Labute approximate surface area is 215 Å². The van der Waals surface area contributed by atoms with Gasteiger partial charge in [0.05, 0.1) is 16.8 Å². The van der Waals surface area contributed by atoms with E-state index in [1.807, 2.05) is 79.7 Å². The molecule has 0 saturated carbocycles. The van der Waals surface area contributed by atoms with Crippen LogP contribution in [0.1, 0.15) is 21.5 Å². The zero-order chi connectivity index (χ0) is 24.8. The van der Waals surface area contributed by atoms with Crippen LogP contribution in [-0.2, 0) is 6.54 Å². The lowest BCUT2D eigenvalue weighted by molar-refractivity contribution is 0.0981. The molecule has 4 aromatic carbocycles. The maximum absolute atomic E-state index is 14.0. The van der Waals surface area contributed by atoms with E-state index in [0.717, 1.165) is 32.1 Å². The van der Waals surface area contributed by atoms with Crippen LogP contribution in [0.4, 0.5) is 5.13 Å². The normalized spacial score (nSPS) is 11.4. The van der Waals surface area contributed by atoms with Gasteiger partial charge in [-0.05, 0) is 53.1 Å². The topological polar surface area (TPSA) is 63.4 Å². The molecule has 176 valence electrons. The van der Waals surface area contributed by atoms with Gasteiger partial charge in [0, 0.05) is 10.4 Å². The number of aryl methyl sites for hydroxylation is 1. The van der Waals surface area contributed by atoms with E-state index in [4.69, 9.17) is 21.0 Å². The van der Waals surface area contributed by atoms with E-state index in [0.29, 0.717) is 21.1 Å². The van der Waals surface area contributed by atoms with Crippen molar-refractivity contribution in [1.82, 2.24) is 4.98 Å². The van der Waals surface area contributed by atoms with Crippen molar-refractivity contribution in [2.75, 3.05) is 4.90 Å². The van der Waals surface area contributed by atoms with Crippen LogP contribution >= 0.6 is 22.9 Å². The molecule has 7 heteroatoms. The molecule has 0 bridgehead atoms. The molecular formula is C29H19ClN2O3S. The predicted molar refractivity (Wildman–Crippen MR) is 146 cm³/mol. The number of fused-ring (bicyclic) bond motifs is 4. The van der Waals surface area contributed by atoms with Crippen LogP contribution in [0.25, 0.3) is 32.0 Å². The van der Waals surface area contributed by atoms with Gasteiger partial charge < -0.3 is 4.42 Å². The van der Waals surface area contributed by atoms with Crippen LogP contribution in [0.5, 0.6) is 0 Å². The SMILES string of the molecule is Cc1c(Cl)ccc2sc(N(Cc3ccccc3)C(=O)c3cc4c(ccc5ccccc54)oc3=O)nc12. The van der Waals surface area contributed by atoms with Crippen LogP contribution in [0.3, 0.4) is 0 Å². The Bertz CT molecular complexity index is 1840. The number of benzene rings is 4. The number of carbonyl (C=O) groups excluding carboxylic acids is 1. The number of thiazole rings is 1. The second-order valence-corrected chi connectivity index (χ2v) is 9.95. The highest BCUT2D eigenvalue weighted by Crippen LogP contribution is 2.35. The molecule has 5 nitrogen and oxygen atoms in total. The van der Waals surface area contributed by atoms with E-state index in [-0.39, 0.29) is 12.1 Å². The molecule has 6 rings (SSSR count). The second-order valence-electron chi connectivity index (χ2n) is 8.54. The number of nitrogens with zero attached hydrogens (tertiary/aromatic N) is 2. The zero-order valence-electron chi connectivity index (χ0n) is 19.2. The standard InChI is InChI=1S/C29H19ClN2O3S/c1-17-23(30)12-14-25-26(17)31-29(36-25)32(16-18-7-3-2-4-8-18)27(33)22-15-21-20-10-6-5-9-19(20)11-13-24(21)35-28(22)34/h2-15H,16H2,1H3. The number of anilines is 1. The quantitative estimate of drug-likeness (QED) is 0.183. The van der Waals surface area contributed by atoms with E-state index >= 15 is 0 Å². The van der Waals surface area contributed by atoms with Crippen molar-refractivity contribution in [2.45, 2.75) is 13.5 Å². The van der Waals surface area contributed by atoms with Crippen molar-refractivity contribution in [2.24, 2.45) is 0 Å². The number of halogens is 1. The van der Waals surface area contributed by atoms with Crippen molar-refractivity contribution < 1.29 is 9.21 Å². The van der Waals surface area contributed by atoms with E-state index < -0.39 is 11.5 Å². The van der Waals surface area contributed by atoms with Gasteiger partial charge in [-0.25, -0.2) is 9.78 Å². The van der Waals surface area contributed by atoms with Crippen molar-refractivity contribution in [3.8, 4) is 0 Å². The first-order valence-electron chi connectivity index (χ1n) is 11.4. The average Bonchev–Trinajstić information content (AvgIpc) is 3.34. The molecule has 0 fully saturated rings. The second kappa shape index (κ2) is 8.90. The van der Waals surface area contributed by atoms with Crippen molar-refractivity contribution >= 4 is 65.9 Å². The highest BCUT2D eigenvalue weighted by atomic mass is 35.5. The van der Waals surface area contributed by atoms with Gasteiger partial charge in [-0.2, -0.15) is 0 Å². The van der Waals surface area contributed by atoms with E-state index in [9.17, 15) is 9.59 Å². The molecule has 36 heavy (non-hydrogen) atoms. The maximum Gasteiger partial charge on any atom is 0.349 e. The van der Waals surface area contributed by atoms with Gasteiger partial charge in [0.2, 0.25) is 0 Å². The lowest BCUT2D eigenvalue weighted by Crippen LogP contribution is -2.33. The fraction of sp³-hybridized carbons (Fsp3) is 0.0690. The Morgan fingerprint density at radius 2 is 1.75 bits per heavy atom. The first-order valence-corrected chi connectivity index (χ1v) is 12.6. The molecule has 2 heterocycles. The number of amides is 1. The molecular weight excluding hydrogens is 492 g/mol. The van der Waals surface area contributed by atoms with Crippen LogP contribution < -0.4 is 10.5 Å². The van der Waals surface area contributed by atoms with Crippen LogP contribution in [0.15, 0.2) is 94.1 Å². The van der Waals surface area contributed by atoms with E-state index in [1.54, 1.807) is 12.1 Å². The molecule has 6 aromatic rings. The molecule has 0 N–H and O–H groups in total. The summed E-state index contributed by atoms with van der Waals surface area (Å²) in [7, 11) is 0. The van der Waals surface area contributed by atoms with Gasteiger partial charge >= 0.3 is 5.63 Å². The summed E-state index contributed by atoms with van der Waals surface area (Å²) in [6.45, 7) is 2.15. The fourth-order valence-electron chi connectivity index (χ4n) is 4.36. The highest BCUT2D eigenvalue weighted by Gasteiger charge is 2.26. The Hall–Kier alpha value is -4.00. The largest absolute Gasteiger partial charge is 0.422 e. The molecule has 0 unspecified atom stereocenters. The molecule has 0 saturated heterocycles. The monoisotopic (exact) mass is 510 g/mol. The van der Waals surface area contributed by atoms with Crippen molar-refractivity contribution in [3.05, 3.63) is 117 Å². The molecule has 0 aliphatic carbocycles. The van der Waals surface area contributed by atoms with Gasteiger partial charge in [-0.3, -0.25) is 9.69 Å².